The number of amides is 1. The Morgan fingerprint density at radius 2 is 2.17 bits per heavy atom. The van der Waals surface area contributed by atoms with Crippen LogP contribution in [0.2, 0.25) is 0 Å². The van der Waals surface area contributed by atoms with E-state index in [1.807, 2.05) is 19.1 Å². The molecule has 98 valence electrons. The third-order valence-electron chi connectivity index (χ3n) is 2.43. The Kier molecular flexibility index (Phi) is 5.84. The Balaban J connectivity index is 2.29. The van der Waals surface area contributed by atoms with Gasteiger partial charge in [0.25, 0.3) is 0 Å². The lowest BCUT2D eigenvalue weighted by Gasteiger charge is -2.06. The zero-order valence-electron chi connectivity index (χ0n) is 10.7. The minimum absolute atomic E-state index is 0.112. The summed E-state index contributed by atoms with van der Waals surface area (Å²) in [5, 5.41) is 2.73. The Labute approximate surface area is 107 Å². The highest BCUT2D eigenvalue weighted by molar-refractivity contribution is 5.81. The van der Waals surface area contributed by atoms with Gasteiger partial charge in [-0.15, -0.1) is 0 Å². The van der Waals surface area contributed by atoms with Gasteiger partial charge in [-0.05, 0) is 25.5 Å². The molecule has 5 nitrogen and oxygen atoms in total. The molecule has 18 heavy (non-hydrogen) atoms. The summed E-state index contributed by atoms with van der Waals surface area (Å²) in [6, 6.07) is 3.79. The molecule has 0 saturated carbocycles. The number of ether oxygens (including phenoxy) is 1. The molecule has 1 aromatic rings. The van der Waals surface area contributed by atoms with Gasteiger partial charge in [0.15, 0.2) is 0 Å². The van der Waals surface area contributed by atoms with E-state index in [0.717, 1.165) is 11.3 Å². The number of rotatable bonds is 6. The first-order valence-corrected chi connectivity index (χ1v) is 5.96. The van der Waals surface area contributed by atoms with Gasteiger partial charge in [-0.3, -0.25) is 14.6 Å². The first-order chi connectivity index (χ1) is 8.63. The molecule has 0 aliphatic rings. The van der Waals surface area contributed by atoms with Crippen molar-refractivity contribution in [3.63, 3.8) is 0 Å². The molecule has 0 fully saturated rings. The van der Waals surface area contributed by atoms with Crippen LogP contribution in [0.25, 0.3) is 0 Å². The van der Waals surface area contributed by atoms with Gasteiger partial charge < -0.3 is 10.1 Å². The number of esters is 1. The molecule has 1 heterocycles. The normalized spacial score (nSPS) is 9.89. The fourth-order valence-corrected chi connectivity index (χ4v) is 1.42. The molecule has 0 bridgehead atoms. The number of hydrogen-bond acceptors (Lipinski definition) is 4. The van der Waals surface area contributed by atoms with Crippen molar-refractivity contribution in [1.82, 2.24) is 10.3 Å². The van der Waals surface area contributed by atoms with Gasteiger partial charge >= 0.3 is 5.97 Å². The second kappa shape index (κ2) is 7.42. The van der Waals surface area contributed by atoms with E-state index in [1.54, 1.807) is 13.1 Å². The molecular weight excluding hydrogens is 232 g/mol. The van der Waals surface area contributed by atoms with Gasteiger partial charge in [-0.2, -0.15) is 0 Å². The SMILES string of the molecule is CCOC(=O)CCC(=O)NCc1ncccc1C. The van der Waals surface area contributed by atoms with Crippen molar-refractivity contribution in [1.29, 1.82) is 0 Å². The summed E-state index contributed by atoms with van der Waals surface area (Å²) in [5.41, 5.74) is 1.87. The van der Waals surface area contributed by atoms with Gasteiger partial charge in [-0.1, -0.05) is 6.07 Å². The molecule has 1 amide bonds. The van der Waals surface area contributed by atoms with E-state index >= 15 is 0 Å². The summed E-state index contributed by atoms with van der Waals surface area (Å²) in [6.45, 7) is 4.40. The maximum atomic E-state index is 11.5. The van der Waals surface area contributed by atoms with Crippen molar-refractivity contribution >= 4 is 11.9 Å². The number of carbonyl (C=O) groups is 2. The third-order valence-corrected chi connectivity index (χ3v) is 2.43. The van der Waals surface area contributed by atoms with E-state index < -0.39 is 0 Å². The molecule has 1 N–H and O–H groups in total. The predicted octanol–water partition coefficient (Wildman–Crippen LogP) is 1.35. The van der Waals surface area contributed by atoms with Crippen LogP contribution in [-0.2, 0) is 20.9 Å². The molecule has 0 atom stereocenters. The smallest absolute Gasteiger partial charge is 0.306 e. The number of pyridine rings is 1. The molecule has 0 aliphatic carbocycles. The Morgan fingerprint density at radius 3 is 2.83 bits per heavy atom. The molecule has 0 radical (unpaired) electrons. The lowest BCUT2D eigenvalue weighted by atomic mass is 10.2. The second-order valence-electron chi connectivity index (χ2n) is 3.85. The maximum absolute atomic E-state index is 11.5. The van der Waals surface area contributed by atoms with Gasteiger partial charge in [0.2, 0.25) is 5.91 Å². The third kappa shape index (κ3) is 4.95. The number of nitrogens with zero attached hydrogens (tertiary/aromatic N) is 1. The van der Waals surface area contributed by atoms with Crippen LogP contribution in [0, 0.1) is 6.92 Å². The van der Waals surface area contributed by atoms with Crippen LogP contribution in [0.15, 0.2) is 18.3 Å². The van der Waals surface area contributed by atoms with Crippen LogP contribution in [0.1, 0.15) is 31.0 Å². The molecular formula is C13H18N2O3. The molecule has 0 spiro atoms. The van der Waals surface area contributed by atoms with Gasteiger partial charge in [-0.25, -0.2) is 0 Å². The van der Waals surface area contributed by atoms with E-state index in [1.165, 1.54) is 0 Å². The highest BCUT2D eigenvalue weighted by Gasteiger charge is 2.07. The molecule has 5 heteroatoms. The number of carbonyl (C=O) groups excluding carboxylic acids is 2. The number of nitrogens with one attached hydrogen (secondary N) is 1. The van der Waals surface area contributed by atoms with Crippen LogP contribution in [0.4, 0.5) is 0 Å². The van der Waals surface area contributed by atoms with Crippen LogP contribution in [-0.4, -0.2) is 23.5 Å². The fraction of sp³-hybridized carbons (Fsp3) is 0.462. The minimum atomic E-state index is -0.346. The van der Waals surface area contributed by atoms with E-state index in [0.29, 0.717) is 13.2 Å². The first kappa shape index (κ1) is 14.2. The Morgan fingerprint density at radius 1 is 1.39 bits per heavy atom. The monoisotopic (exact) mass is 250 g/mol. The summed E-state index contributed by atoms with van der Waals surface area (Å²) in [7, 11) is 0. The summed E-state index contributed by atoms with van der Waals surface area (Å²) in [5.74, 6) is -0.519. The zero-order chi connectivity index (χ0) is 13.4. The standard InChI is InChI=1S/C13H18N2O3/c1-3-18-13(17)7-6-12(16)15-9-11-10(2)5-4-8-14-11/h4-5,8H,3,6-7,9H2,1-2H3,(H,15,16). The van der Waals surface area contributed by atoms with Crippen molar-refractivity contribution in [3.8, 4) is 0 Å². The van der Waals surface area contributed by atoms with Crippen LogP contribution >= 0.6 is 0 Å². The summed E-state index contributed by atoms with van der Waals surface area (Å²) in [6.07, 6.45) is 1.94. The average Bonchev–Trinajstić information content (AvgIpc) is 2.36. The van der Waals surface area contributed by atoms with E-state index in [9.17, 15) is 9.59 Å². The van der Waals surface area contributed by atoms with E-state index in [2.05, 4.69) is 10.3 Å². The number of aryl methyl sites for hydroxylation is 1. The van der Waals surface area contributed by atoms with Crippen LogP contribution < -0.4 is 5.32 Å². The average molecular weight is 250 g/mol. The van der Waals surface area contributed by atoms with Crippen LogP contribution in [0.5, 0.6) is 0 Å². The maximum Gasteiger partial charge on any atom is 0.306 e. The highest BCUT2D eigenvalue weighted by Crippen LogP contribution is 2.02. The van der Waals surface area contributed by atoms with Crippen molar-refractivity contribution < 1.29 is 14.3 Å². The van der Waals surface area contributed by atoms with Gasteiger partial charge in [0.05, 0.1) is 25.3 Å². The Bertz CT molecular complexity index is 418. The topological polar surface area (TPSA) is 68.3 Å². The molecule has 0 saturated heterocycles. The summed E-state index contributed by atoms with van der Waals surface area (Å²) in [4.78, 5) is 26.7. The van der Waals surface area contributed by atoms with E-state index in [4.69, 9.17) is 4.74 Å². The molecule has 0 aliphatic heterocycles. The molecule has 1 rings (SSSR count). The second-order valence-corrected chi connectivity index (χ2v) is 3.85. The lowest BCUT2D eigenvalue weighted by molar-refractivity contribution is -0.144. The van der Waals surface area contributed by atoms with Crippen LogP contribution in [0.3, 0.4) is 0 Å². The van der Waals surface area contributed by atoms with Crippen molar-refractivity contribution in [2.24, 2.45) is 0 Å². The van der Waals surface area contributed by atoms with E-state index in [-0.39, 0.29) is 24.7 Å². The van der Waals surface area contributed by atoms with Crippen molar-refractivity contribution in [3.05, 3.63) is 29.6 Å². The highest BCUT2D eigenvalue weighted by atomic mass is 16.5. The largest absolute Gasteiger partial charge is 0.466 e. The lowest BCUT2D eigenvalue weighted by Crippen LogP contribution is -2.24. The molecule has 0 unspecified atom stereocenters. The Hall–Kier alpha value is -1.91. The quantitative estimate of drug-likeness (QED) is 0.774. The number of aromatic nitrogens is 1. The zero-order valence-corrected chi connectivity index (χ0v) is 10.7. The number of hydrogen-bond donors (Lipinski definition) is 1. The predicted molar refractivity (Wildman–Crippen MR) is 66.7 cm³/mol. The summed E-state index contributed by atoms with van der Waals surface area (Å²) < 4.78 is 4.74. The van der Waals surface area contributed by atoms with Gasteiger partial charge in [0.1, 0.15) is 0 Å². The summed E-state index contributed by atoms with van der Waals surface area (Å²) >= 11 is 0. The molecule has 1 aromatic heterocycles. The molecule has 0 aromatic carbocycles. The minimum Gasteiger partial charge on any atom is -0.466 e. The first-order valence-electron chi connectivity index (χ1n) is 5.96. The van der Waals surface area contributed by atoms with Gasteiger partial charge in [0, 0.05) is 12.6 Å². The fourth-order valence-electron chi connectivity index (χ4n) is 1.42. The van der Waals surface area contributed by atoms with Crippen molar-refractivity contribution in [2.75, 3.05) is 6.61 Å². The van der Waals surface area contributed by atoms with Crippen molar-refractivity contribution in [2.45, 2.75) is 33.2 Å².